The van der Waals surface area contributed by atoms with Gasteiger partial charge in [0, 0.05) is 11.8 Å². The highest BCUT2D eigenvalue weighted by Gasteiger charge is 2.28. The molecule has 64 valence electrons. The highest BCUT2D eigenvalue weighted by Crippen LogP contribution is 2.22. The molecule has 0 radical (unpaired) electrons. The average molecular weight is 175 g/mol. The smallest absolute Gasteiger partial charge is 0.310 e. The van der Waals surface area contributed by atoms with Crippen molar-refractivity contribution in [2.75, 3.05) is 18.6 Å². The third-order valence-electron chi connectivity index (χ3n) is 1.90. The number of carbonyl (C=O) groups is 1. The second-order valence-electron chi connectivity index (χ2n) is 2.66. The Bertz CT molecular complexity index is 151. The number of hydrogen-bond donors (Lipinski definition) is 1. The van der Waals surface area contributed by atoms with Crippen LogP contribution in [0.3, 0.4) is 0 Å². The molecule has 0 aromatic carbocycles. The minimum absolute atomic E-state index is 0.0128. The zero-order valence-corrected chi connectivity index (χ0v) is 7.39. The van der Waals surface area contributed by atoms with E-state index in [1.54, 1.807) is 11.8 Å². The number of ether oxygens (including phenoxy) is 1. The molecule has 0 amide bonds. The molecule has 4 heteroatoms. The Balaban J connectivity index is 2.47. The molecule has 1 aliphatic rings. The van der Waals surface area contributed by atoms with Crippen LogP contribution in [0.25, 0.3) is 0 Å². The maximum atomic E-state index is 11.1. The van der Waals surface area contributed by atoms with E-state index in [9.17, 15) is 4.79 Å². The first-order chi connectivity index (χ1) is 5.25. The molecule has 0 saturated carbocycles. The summed E-state index contributed by atoms with van der Waals surface area (Å²) in [4.78, 5) is 11.1. The lowest BCUT2D eigenvalue weighted by Gasteiger charge is -2.25. The van der Waals surface area contributed by atoms with E-state index >= 15 is 0 Å². The lowest BCUT2D eigenvalue weighted by atomic mass is 9.99. The zero-order chi connectivity index (χ0) is 8.27. The Kier molecular flexibility index (Phi) is 3.20. The van der Waals surface area contributed by atoms with Crippen LogP contribution in [0.4, 0.5) is 0 Å². The highest BCUT2D eigenvalue weighted by atomic mass is 32.2. The summed E-state index contributed by atoms with van der Waals surface area (Å²) in [6.45, 7) is 0. The van der Waals surface area contributed by atoms with Crippen molar-refractivity contribution in [3.8, 4) is 0 Å². The maximum Gasteiger partial charge on any atom is 0.310 e. The Morgan fingerprint density at radius 2 is 2.45 bits per heavy atom. The predicted molar refractivity (Wildman–Crippen MR) is 45.4 cm³/mol. The quantitative estimate of drug-likeness (QED) is 0.580. The van der Waals surface area contributed by atoms with Crippen molar-refractivity contribution in [2.24, 2.45) is 11.7 Å². The second-order valence-corrected chi connectivity index (χ2v) is 3.81. The summed E-state index contributed by atoms with van der Waals surface area (Å²) >= 11 is 1.80. The van der Waals surface area contributed by atoms with Crippen molar-refractivity contribution in [1.82, 2.24) is 0 Å². The molecular formula is C7H13NO2S. The number of nitrogens with two attached hydrogens (primary N) is 1. The lowest BCUT2D eigenvalue weighted by Crippen LogP contribution is -2.41. The van der Waals surface area contributed by atoms with Crippen molar-refractivity contribution in [3.63, 3.8) is 0 Å². The van der Waals surface area contributed by atoms with E-state index < -0.39 is 0 Å². The van der Waals surface area contributed by atoms with E-state index in [1.807, 2.05) is 0 Å². The van der Waals surface area contributed by atoms with Gasteiger partial charge in [0.2, 0.25) is 0 Å². The van der Waals surface area contributed by atoms with E-state index in [0.29, 0.717) is 0 Å². The molecule has 2 N–H and O–H groups in total. The van der Waals surface area contributed by atoms with Gasteiger partial charge in [0.1, 0.15) is 0 Å². The molecular weight excluding hydrogens is 162 g/mol. The molecule has 0 aromatic rings. The van der Waals surface area contributed by atoms with Crippen LogP contribution in [0, 0.1) is 5.92 Å². The molecule has 0 bridgehead atoms. The molecule has 1 fully saturated rings. The first-order valence-corrected chi connectivity index (χ1v) is 4.82. The van der Waals surface area contributed by atoms with Gasteiger partial charge in [0.25, 0.3) is 0 Å². The summed E-state index contributed by atoms with van der Waals surface area (Å²) < 4.78 is 4.63. The molecule has 11 heavy (non-hydrogen) atoms. The van der Waals surface area contributed by atoms with Crippen LogP contribution < -0.4 is 5.73 Å². The van der Waals surface area contributed by atoms with Gasteiger partial charge in [0.15, 0.2) is 0 Å². The van der Waals surface area contributed by atoms with Crippen LogP contribution in [-0.2, 0) is 9.53 Å². The van der Waals surface area contributed by atoms with Crippen molar-refractivity contribution in [1.29, 1.82) is 0 Å². The molecule has 1 aliphatic heterocycles. The molecule has 1 heterocycles. The standard InChI is InChI=1S/C7H13NO2S/c1-10-7(9)5-2-3-11-4-6(5)8/h5-6H,2-4,8H2,1H3/t5-,6+/m0/s1. The largest absolute Gasteiger partial charge is 0.469 e. The summed E-state index contributed by atoms with van der Waals surface area (Å²) in [5.41, 5.74) is 5.73. The summed E-state index contributed by atoms with van der Waals surface area (Å²) in [5.74, 6) is 1.67. The highest BCUT2D eigenvalue weighted by molar-refractivity contribution is 7.99. The van der Waals surface area contributed by atoms with Crippen molar-refractivity contribution < 1.29 is 9.53 Å². The summed E-state index contributed by atoms with van der Waals surface area (Å²) in [5, 5.41) is 0. The second kappa shape index (κ2) is 3.97. The van der Waals surface area contributed by atoms with E-state index in [1.165, 1.54) is 7.11 Å². The number of carbonyl (C=O) groups excluding carboxylic acids is 1. The van der Waals surface area contributed by atoms with Gasteiger partial charge in [-0.05, 0) is 12.2 Å². The van der Waals surface area contributed by atoms with Crippen LogP contribution in [-0.4, -0.2) is 30.6 Å². The first kappa shape index (κ1) is 8.87. The average Bonchev–Trinajstić information content (AvgIpc) is 2.04. The first-order valence-electron chi connectivity index (χ1n) is 3.67. The molecule has 2 atom stereocenters. The molecule has 0 unspecified atom stereocenters. The Labute approximate surface area is 70.7 Å². The van der Waals surface area contributed by atoms with Gasteiger partial charge in [-0.15, -0.1) is 0 Å². The number of hydrogen-bond acceptors (Lipinski definition) is 4. The van der Waals surface area contributed by atoms with Crippen LogP contribution in [0.1, 0.15) is 6.42 Å². The van der Waals surface area contributed by atoms with Gasteiger partial charge >= 0.3 is 5.97 Å². The molecule has 1 saturated heterocycles. The van der Waals surface area contributed by atoms with Gasteiger partial charge in [-0.3, -0.25) is 4.79 Å². The minimum atomic E-state index is -0.155. The lowest BCUT2D eigenvalue weighted by molar-refractivity contribution is -0.146. The van der Waals surface area contributed by atoms with Gasteiger partial charge in [0.05, 0.1) is 13.0 Å². The van der Waals surface area contributed by atoms with Crippen molar-refractivity contribution in [3.05, 3.63) is 0 Å². The number of rotatable bonds is 1. The van der Waals surface area contributed by atoms with E-state index in [2.05, 4.69) is 4.74 Å². The summed E-state index contributed by atoms with van der Waals surface area (Å²) in [6, 6.07) is -0.0128. The van der Waals surface area contributed by atoms with Crippen LogP contribution in [0.15, 0.2) is 0 Å². The fourth-order valence-corrected chi connectivity index (χ4v) is 2.30. The van der Waals surface area contributed by atoms with Gasteiger partial charge in [-0.1, -0.05) is 0 Å². The summed E-state index contributed by atoms with van der Waals surface area (Å²) in [6.07, 6.45) is 0.860. The van der Waals surface area contributed by atoms with Gasteiger partial charge in [-0.2, -0.15) is 11.8 Å². The molecule has 3 nitrogen and oxygen atoms in total. The Morgan fingerprint density at radius 1 is 1.73 bits per heavy atom. The zero-order valence-electron chi connectivity index (χ0n) is 6.58. The Hall–Kier alpha value is -0.220. The molecule has 1 rings (SSSR count). The Morgan fingerprint density at radius 3 is 3.00 bits per heavy atom. The number of methoxy groups -OCH3 is 1. The topological polar surface area (TPSA) is 52.3 Å². The maximum absolute atomic E-state index is 11.1. The molecule has 0 aliphatic carbocycles. The normalized spacial score (nSPS) is 31.5. The monoisotopic (exact) mass is 175 g/mol. The number of thioether (sulfide) groups is 1. The van der Waals surface area contributed by atoms with Gasteiger partial charge in [-0.25, -0.2) is 0 Å². The van der Waals surface area contributed by atoms with Crippen LogP contribution in [0.2, 0.25) is 0 Å². The third kappa shape index (κ3) is 2.10. The molecule has 0 spiro atoms. The fourth-order valence-electron chi connectivity index (χ4n) is 1.20. The fraction of sp³-hybridized carbons (Fsp3) is 0.857. The summed E-state index contributed by atoms with van der Waals surface area (Å²) in [7, 11) is 1.41. The minimum Gasteiger partial charge on any atom is -0.469 e. The van der Waals surface area contributed by atoms with Crippen LogP contribution in [0.5, 0.6) is 0 Å². The van der Waals surface area contributed by atoms with Crippen molar-refractivity contribution in [2.45, 2.75) is 12.5 Å². The number of esters is 1. The third-order valence-corrected chi connectivity index (χ3v) is 3.05. The van der Waals surface area contributed by atoms with Crippen LogP contribution >= 0.6 is 11.8 Å². The SMILES string of the molecule is COC(=O)[C@H]1CCSC[C@H]1N. The predicted octanol–water partition coefficient (Wildman–Crippen LogP) is 0.240. The van der Waals surface area contributed by atoms with Gasteiger partial charge < -0.3 is 10.5 Å². The van der Waals surface area contributed by atoms with E-state index in [-0.39, 0.29) is 17.9 Å². The van der Waals surface area contributed by atoms with E-state index in [4.69, 9.17) is 5.73 Å². The van der Waals surface area contributed by atoms with E-state index in [0.717, 1.165) is 17.9 Å². The van der Waals surface area contributed by atoms with Crippen molar-refractivity contribution >= 4 is 17.7 Å². The molecule has 0 aromatic heterocycles.